The molecule has 0 unspecified atom stereocenters. The van der Waals surface area contributed by atoms with Gasteiger partial charge in [0, 0.05) is 37.6 Å². The number of amides is 1. The van der Waals surface area contributed by atoms with Gasteiger partial charge in [-0.05, 0) is 35.4 Å². The quantitative estimate of drug-likeness (QED) is 0.529. The van der Waals surface area contributed by atoms with Crippen LogP contribution in [0.4, 0.5) is 0 Å². The van der Waals surface area contributed by atoms with E-state index in [1.165, 1.54) is 22.5 Å². The van der Waals surface area contributed by atoms with Gasteiger partial charge < -0.3 is 5.32 Å². The summed E-state index contributed by atoms with van der Waals surface area (Å²) in [6.07, 6.45) is 3.59. The van der Waals surface area contributed by atoms with Crippen LogP contribution in [0, 0.1) is 0 Å². The van der Waals surface area contributed by atoms with E-state index in [4.69, 9.17) is 11.6 Å². The maximum Gasteiger partial charge on any atom is 0.251 e. The van der Waals surface area contributed by atoms with Crippen molar-refractivity contribution in [3.8, 4) is 0 Å². The van der Waals surface area contributed by atoms with E-state index in [2.05, 4.69) is 10.4 Å². The molecule has 0 saturated carbocycles. The number of carbonyl (C=O) groups is 1. The van der Waals surface area contributed by atoms with Crippen molar-refractivity contribution in [1.29, 1.82) is 0 Å². The Labute approximate surface area is 187 Å². The molecule has 3 aromatic rings. The van der Waals surface area contributed by atoms with Crippen molar-refractivity contribution in [1.82, 2.24) is 19.4 Å². The van der Waals surface area contributed by atoms with E-state index >= 15 is 0 Å². The number of benzene rings is 2. The molecule has 0 radical (unpaired) electrons. The first-order valence-corrected chi connectivity index (χ1v) is 11.8. The molecule has 1 amide bonds. The average Bonchev–Trinajstić information content (AvgIpc) is 3.27. The molecule has 0 aliphatic heterocycles. The zero-order valence-corrected chi connectivity index (χ0v) is 19.0. The number of rotatable bonds is 9. The number of nitrogens with zero attached hydrogens (tertiary/aromatic N) is 3. The lowest BCUT2D eigenvalue weighted by Gasteiger charge is -2.19. The third kappa shape index (κ3) is 5.33. The van der Waals surface area contributed by atoms with Gasteiger partial charge in [-0.1, -0.05) is 49.7 Å². The molecule has 2 aromatic carbocycles. The van der Waals surface area contributed by atoms with Crippen molar-refractivity contribution in [2.45, 2.75) is 31.8 Å². The molecule has 0 aliphatic carbocycles. The molecule has 0 saturated heterocycles. The van der Waals surface area contributed by atoms with Gasteiger partial charge in [-0.15, -0.1) is 0 Å². The number of halogens is 1. The van der Waals surface area contributed by atoms with Crippen LogP contribution in [0.15, 0.2) is 65.8 Å². The first-order chi connectivity index (χ1) is 14.9. The Morgan fingerprint density at radius 2 is 1.81 bits per heavy atom. The largest absolute Gasteiger partial charge is 0.348 e. The minimum absolute atomic E-state index is 0.0652. The highest BCUT2D eigenvalue weighted by Gasteiger charge is 2.25. The van der Waals surface area contributed by atoms with Gasteiger partial charge in [-0.25, -0.2) is 8.42 Å². The molecule has 9 heteroatoms. The maximum atomic E-state index is 12.9. The Morgan fingerprint density at radius 3 is 2.45 bits per heavy atom. The first kappa shape index (κ1) is 23.0. The average molecular weight is 461 g/mol. The van der Waals surface area contributed by atoms with Crippen molar-refractivity contribution in [2.75, 3.05) is 13.1 Å². The van der Waals surface area contributed by atoms with Crippen molar-refractivity contribution in [3.05, 3.63) is 82.6 Å². The summed E-state index contributed by atoms with van der Waals surface area (Å²) in [6, 6.07) is 13.9. The van der Waals surface area contributed by atoms with Crippen LogP contribution in [0.5, 0.6) is 0 Å². The first-order valence-electron chi connectivity index (χ1n) is 9.99. The topological polar surface area (TPSA) is 84.3 Å². The van der Waals surface area contributed by atoms with E-state index < -0.39 is 10.0 Å². The summed E-state index contributed by atoms with van der Waals surface area (Å²) in [5.41, 5.74) is 2.23. The third-order valence-corrected chi connectivity index (χ3v) is 7.50. The van der Waals surface area contributed by atoms with Crippen molar-refractivity contribution < 1.29 is 13.2 Å². The summed E-state index contributed by atoms with van der Waals surface area (Å²) >= 11 is 6.16. The highest BCUT2D eigenvalue weighted by Crippen LogP contribution is 2.26. The molecule has 31 heavy (non-hydrogen) atoms. The molecule has 0 fully saturated rings. The van der Waals surface area contributed by atoms with Crippen LogP contribution in [-0.2, 0) is 23.1 Å². The van der Waals surface area contributed by atoms with Gasteiger partial charge in [0.25, 0.3) is 5.91 Å². The normalized spacial score (nSPS) is 11.6. The fraction of sp³-hybridized carbons (Fsp3) is 0.273. The SMILES string of the molecule is CCN(CC)S(=O)(=O)c1cc(C(=O)NCc2ccccc2Cn2cccn2)ccc1Cl. The van der Waals surface area contributed by atoms with Gasteiger partial charge in [0.15, 0.2) is 0 Å². The Balaban J connectivity index is 1.78. The van der Waals surface area contributed by atoms with Crippen LogP contribution in [0.2, 0.25) is 5.02 Å². The number of hydrogen-bond acceptors (Lipinski definition) is 4. The summed E-state index contributed by atoms with van der Waals surface area (Å²) in [5, 5.41) is 7.18. The Morgan fingerprint density at radius 1 is 1.10 bits per heavy atom. The zero-order chi connectivity index (χ0) is 22.4. The van der Waals surface area contributed by atoms with Crippen LogP contribution >= 0.6 is 11.6 Å². The molecule has 0 bridgehead atoms. The summed E-state index contributed by atoms with van der Waals surface area (Å²) in [6.45, 7) is 5.04. The summed E-state index contributed by atoms with van der Waals surface area (Å²) in [4.78, 5) is 12.7. The van der Waals surface area contributed by atoms with Gasteiger partial charge in [0.2, 0.25) is 10.0 Å². The Kier molecular flexibility index (Phi) is 7.48. The fourth-order valence-electron chi connectivity index (χ4n) is 3.28. The molecule has 3 rings (SSSR count). The lowest BCUT2D eigenvalue weighted by atomic mass is 10.1. The van der Waals surface area contributed by atoms with Crippen molar-refractivity contribution in [2.24, 2.45) is 0 Å². The van der Waals surface area contributed by atoms with Crippen LogP contribution in [0.3, 0.4) is 0 Å². The number of carbonyl (C=O) groups excluding carboxylic acids is 1. The molecule has 1 aromatic heterocycles. The maximum absolute atomic E-state index is 12.9. The molecule has 164 valence electrons. The summed E-state index contributed by atoms with van der Waals surface area (Å²) in [5.74, 6) is -0.374. The van der Waals surface area contributed by atoms with E-state index in [1.54, 1.807) is 20.0 Å². The minimum atomic E-state index is -3.78. The van der Waals surface area contributed by atoms with Crippen LogP contribution in [-0.4, -0.2) is 41.5 Å². The van der Waals surface area contributed by atoms with E-state index in [9.17, 15) is 13.2 Å². The second kappa shape index (κ2) is 10.1. The number of aromatic nitrogens is 2. The fourth-order valence-corrected chi connectivity index (χ4v) is 5.23. The second-order valence-electron chi connectivity index (χ2n) is 6.89. The summed E-state index contributed by atoms with van der Waals surface area (Å²) < 4.78 is 28.9. The zero-order valence-electron chi connectivity index (χ0n) is 17.5. The molecular weight excluding hydrogens is 436 g/mol. The van der Waals surface area contributed by atoms with Gasteiger partial charge in [-0.3, -0.25) is 9.48 Å². The van der Waals surface area contributed by atoms with E-state index in [0.717, 1.165) is 11.1 Å². The van der Waals surface area contributed by atoms with Gasteiger partial charge in [0.1, 0.15) is 4.90 Å². The minimum Gasteiger partial charge on any atom is -0.348 e. The highest BCUT2D eigenvalue weighted by atomic mass is 35.5. The van der Waals surface area contributed by atoms with E-state index in [-0.39, 0.29) is 21.4 Å². The molecule has 7 nitrogen and oxygen atoms in total. The van der Waals surface area contributed by atoms with E-state index in [1.807, 2.05) is 41.2 Å². The highest BCUT2D eigenvalue weighted by molar-refractivity contribution is 7.89. The smallest absolute Gasteiger partial charge is 0.251 e. The van der Waals surface area contributed by atoms with Gasteiger partial charge in [-0.2, -0.15) is 9.40 Å². The standard InChI is InChI=1S/C22H25ClN4O3S/c1-3-27(4-2)31(29,30)21-14-17(10-11-20(21)23)22(28)24-15-18-8-5-6-9-19(18)16-26-13-7-12-25-26/h5-14H,3-4,15-16H2,1-2H3,(H,24,28). The van der Waals surface area contributed by atoms with Gasteiger partial charge in [0.05, 0.1) is 11.6 Å². The van der Waals surface area contributed by atoms with E-state index in [0.29, 0.717) is 26.2 Å². The molecular formula is C22H25ClN4O3S. The number of hydrogen-bond donors (Lipinski definition) is 1. The third-order valence-electron chi connectivity index (χ3n) is 4.97. The van der Waals surface area contributed by atoms with Crippen molar-refractivity contribution >= 4 is 27.5 Å². The van der Waals surface area contributed by atoms with Gasteiger partial charge >= 0.3 is 0 Å². The molecule has 0 aliphatic rings. The molecule has 1 N–H and O–H groups in total. The number of sulfonamides is 1. The van der Waals surface area contributed by atoms with Crippen LogP contribution in [0.25, 0.3) is 0 Å². The second-order valence-corrected chi connectivity index (χ2v) is 9.20. The lowest BCUT2D eigenvalue weighted by Crippen LogP contribution is -2.31. The lowest BCUT2D eigenvalue weighted by molar-refractivity contribution is 0.0950. The number of nitrogens with one attached hydrogen (secondary N) is 1. The monoisotopic (exact) mass is 460 g/mol. The van der Waals surface area contributed by atoms with Crippen molar-refractivity contribution in [3.63, 3.8) is 0 Å². The van der Waals surface area contributed by atoms with Crippen LogP contribution < -0.4 is 5.32 Å². The predicted molar refractivity (Wildman–Crippen MR) is 121 cm³/mol. The Hall–Kier alpha value is -2.68. The molecule has 1 heterocycles. The summed E-state index contributed by atoms with van der Waals surface area (Å²) in [7, 11) is -3.78. The molecule has 0 atom stereocenters. The predicted octanol–water partition coefficient (Wildman–Crippen LogP) is 3.55. The molecule has 0 spiro atoms. The van der Waals surface area contributed by atoms with Crippen LogP contribution in [0.1, 0.15) is 35.3 Å². The Bertz CT molecular complexity index is 1140.